The lowest BCUT2D eigenvalue weighted by atomic mass is 10.2. The van der Waals surface area contributed by atoms with Gasteiger partial charge in [-0.05, 0) is 18.4 Å². The van der Waals surface area contributed by atoms with E-state index >= 15 is 0 Å². The van der Waals surface area contributed by atoms with Gasteiger partial charge >= 0.3 is 5.97 Å². The van der Waals surface area contributed by atoms with Crippen molar-refractivity contribution in [1.29, 1.82) is 0 Å². The number of carboxylic acids is 1. The van der Waals surface area contributed by atoms with Crippen LogP contribution in [0.2, 0.25) is 0 Å². The van der Waals surface area contributed by atoms with Crippen molar-refractivity contribution in [3.05, 3.63) is 40.0 Å². The number of rotatable bonds is 5. The van der Waals surface area contributed by atoms with Crippen LogP contribution in [-0.2, 0) is 11.2 Å². The second-order valence-corrected chi connectivity index (χ2v) is 5.07. The van der Waals surface area contributed by atoms with Crippen molar-refractivity contribution in [3.8, 4) is 0 Å². The summed E-state index contributed by atoms with van der Waals surface area (Å²) >= 11 is 1.41. The molecule has 1 atom stereocenters. The van der Waals surface area contributed by atoms with Crippen LogP contribution >= 0.6 is 11.3 Å². The van der Waals surface area contributed by atoms with Gasteiger partial charge in [0.05, 0.1) is 0 Å². The third kappa shape index (κ3) is 3.29. The molecule has 0 saturated heterocycles. The van der Waals surface area contributed by atoms with Crippen molar-refractivity contribution in [2.45, 2.75) is 26.3 Å². The second kappa shape index (κ2) is 5.79. The number of anilines is 1. The first kappa shape index (κ1) is 13.5. The topological polar surface area (TPSA) is 75.1 Å². The number of aromatic nitrogens is 2. The van der Waals surface area contributed by atoms with E-state index in [9.17, 15) is 9.90 Å². The molecule has 100 valence electrons. The molecule has 6 heteroatoms. The molecular formula is C13H15N3O2S. The minimum Gasteiger partial charge on any atom is -0.479 e. The Morgan fingerprint density at radius 2 is 2.32 bits per heavy atom. The molecule has 0 spiro atoms. The summed E-state index contributed by atoms with van der Waals surface area (Å²) in [5.74, 6) is 0.333. The molecule has 0 radical (unpaired) electrons. The van der Waals surface area contributed by atoms with Crippen molar-refractivity contribution >= 4 is 23.1 Å². The van der Waals surface area contributed by atoms with Crippen LogP contribution in [0.3, 0.4) is 0 Å². The molecule has 0 bridgehead atoms. The summed E-state index contributed by atoms with van der Waals surface area (Å²) in [5.41, 5.74) is 0.824. The molecule has 0 aromatic carbocycles. The SMILES string of the molecule is CCc1nc(C)cc(NC(C(=O)O)c2cccs2)n1. The van der Waals surface area contributed by atoms with Crippen LogP contribution in [0.15, 0.2) is 23.6 Å². The van der Waals surface area contributed by atoms with E-state index in [1.165, 1.54) is 11.3 Å². The van der Waals surface area contributed by atoms with Gasteiger partial charge in [-0.1, -0.05) is 13.0 Å². The van der Waals surface area contributed by atoms with Gasteiger partial charge in [-0.15, -0.1) is 11.3 Å². The molecule has 2 aromatic heterocycles. The van der Waals surface area contributed by atoms with Crippen LogP contribution in [0.25, 0.3) is 0 Å². The number of hydrogen-bond donors (Lipinski definition) is 2. The Labute approximate surface area is 115 Å². The van der Waals surface area contributed by atoms with Gasteiger partial charge in [-0.2, -0.15) is 0 Å². The number of nitrogens with one attached hydrogen (secondary N) is 1. The quantitative estimate of drug-likeness (QED) is 0.878. The fraction of sp³-hybridized carbons (Fsp3) is 0.308. The van der Waals surface area contributed by atoms with E-state index in [0.29, 0.717) is 18.1 Å². The van der Waals surface area contributed by atoms with Gasteiger partial charge in [0.2, 0.25) is 0 Å². The van der Waals surface area contributed by atoms with E-state index in [2.05, 4.69) is 15.3 Å². The van der Waals surface area contributed by atoms with E-state index in [-0.39, 0.29) is 0 Å². The Hall–Kier alpha value is -1.95. The van der Waals surface area contributed by atoms with Crippen LogP contribution in [0.1, 0.15) is 29.4 Å². The summed E-state index contributed by atoms with van der Waals surface area (Å²) < 4.78 is 0. The maximum atomic E-state index is 11.3. The van der Waals surface area contributed by atoms with Crippen molar-refractivity contribution in [1.82, 2.24) is 9.97 Å². The highest BCUT2D eigenvalue weighted by Crippen LogP contribution is 2.23. The smallest absolute Gasteiger partial charge is 0.331 e. The molecular weight excluding hydrogens is 262 g/mol. The molecule has 2 N–H and O–H groups in total. The average Bonchev–Trinajstić information content (AvgIpc) is 2.88. The monoisotopic (exact) mass is 277 g/mol. The fourth-order valence-corrected chi connectivity index (χ4v) is 2.49. The summed E-state index contributed by atoms with van der Waals surface area (Å²) in [6, 6.07) is 4.60. The molecule has 0 aliphatic rings. The van der Waals surface area contributed by atoms with Crippen molar-refractivity contribution in [2.75, 3.05) is 5.32 Å². The zero-order valence-corrected chi connectivity index (χ0v) is 11.6. The Morgan fingerprint density at radius 3 is 2.89 bits per heavy atom. The van der Waals surface area contributed by atoms with Crippen molar-refractivity contribution in [3.63, 3.8) is 0 Å². The summed E-state index contributed by atoms with van der Waals surface area (Å²) in [5, 5.41) is 14.1. The summed E-state index contributed by atoms with van der Waals surface area (Å²) in [7, 11) is 0. The Balaban J connectivity index is 2.27. The molecule has 0 aliphatic carbocycles. The summed E-state index contributed by atoms with van der Waals surface area (Å²) in [4.78, 5) is 20.7. The summed E-state index contributed by atoms with van der Waals surface area (Å²) in [6.45, 7) is 3.83. The highest BCUT2D eigenvalue weighted by Gasteiger charge is 2.21. The molecule has 0 amide bonds. The molecule has 2 aromatic rings. The first-order chi connectivity index (χ1) is 9.10. The predicted molar refractivity (Wildman–Crippen MR) is 74.5 cm³/mol. The molecule has 2 heterocycles. The highest BCUT2D eigenvalue weighted by molar-refractivity contribution is 7.10. The van der Waals surface area contributed by atoms with Crippen LogP contribution in [0.5, 0.6) is 0 Å². The third-order valence-corrected chi connectivity index (χ3v) is 3.52. The zero-order chi connectivity index (χ0) is 13.8. The van der Waals surface area contributed by atoms with Gasteiger partial charge in [-0.3, -0.25) is 0 Å². The van der Waals surface area contributed by atoms with Crippen molar-refractivity contribution in [2.24, 2.45) is 0 Å². The molecule has 0 aliphatic heterocycles. The fourth-order valence-electron chi connectivity index (χ4n) is 1.72. The van der Waals surface area contributed by atoms with Crippen LogP contribution in [-0.4, -0.2) is 21.0 Å². The van der Waals surface area contributed by atoms with Gasteiger partial charge in [0.15, 0.2) is 6.04 Å². The van der Waals surface area contributed by atoms with Gasteiger partial charge in [0.1, 0.15) is 11.6 Å². The lowest BCUT2D eigenvalue weighted by Gasteiger charge is -2.14. The van der Waals surface area contributed by atoms with Crippen LogP contribution in [0.4, 0.5) is 5.82 Å². The van der Waals surface area contributed by atoms with E-state index in [1.807, 2.05) is 25.3 Å². The predicted octanol–water partition coefficient (Wildman–Crippen LogP) is 2.65. The molecule has 5 nitrogen and oxygen atoms in total. The summed E-state index contributed by atoms with van der Waals surface area (Å²) in [6.07, 6.45) is 0.715. The lowest BCUT2D eigenvalue weighted by molar-refractivity contribution is -0.138. The largest absolute Gasteiger partial charge is 0.479 e. The zero-order valence-electron chi connectivity index (χ0n) is 10.8. The molecule has 2 rings (SSSR count). The number of carbonyl (C=O) groups is 1. The second-order valence-electron chi connectivity index (χ2n) is 4.10. The normalized spacial score (nSPS) is 12.1. The maximum Gasteiger partial charge on any atom is 0.331 e. The number of hydrogen-bond acceptors (Lipinski definition) is 5. The average molecular weight is 277 g/mol. The van der Waals surface area contributed by atoms with Crippen molar-refractivity contribution < 1.29 is 9.90 Å². The number of aryl methyl sites for hydroxylation is 2. The molecule has 1 unspecified atom stereocenters. The first-order valence-electron chi connectivity index (χ1n) is 5.97. The third-order valence-electron chi connectivity index (χ3n) is 2.58. The van der Waals surface area contributed by atoms with Gasteiger partial charge in [0.25, 0.3) is 0 Å². The Kier molecular flexibility index (Phi) is 4.11. The Morgan fingerprint density at radius 1 is 1.53 bits per heavy atom. The number of aliphatic carboxylic acids is 1. The molecule has 0 saturated carbocycles. The van der Waals surface area contributed by atoms with Crippen LogP contribution < -0.4 is 5.32 Å². The molecule has 0 fully saturated rings. The Bertz CT molecular complexity index is 569. The van der Waals surface area contributed by atoms with E-state index in [1.54, 1.807) is 12.1 Å². The number of carboxylic acid groups (broad SMARTS) is 1. The number of nitrogens with zero attached hydrogens (tertiary/aromatic N) is 2. The lowest BCUT2D eigenvalue weighted by Crippen LogP contribution is -2.20. The van der Waals surface area contributed by atoms with Gasteiger partial charge in [0, 0.05) is 23.1 Å². The minimum absolute atomic E-state index is 0.546. The van der Waals surface area contributed by atoms with E-state index in [4.69, 9.17) is 0 Å². The van der Waals surface area contributed by atoms with Crippen LogP contribution in [0, 0.1) is 6.92 Å². The first-order valence-corrected chi connectivity index (χ1v) is 6.85. The highest BCUT2D eigenvalue weighted by atomic mass is 32.1. The van der Waals surface area contributed by atoms with E-state index < -0.39 is 12.0 Å². The van der Waals surface area contributed by atoms with Gasteiger partial charge < -0.3 is 10.4 Å². The number of thiophene rings is 1. The molecule has 19 heavy (non-hydrogen) atoms. The minimum atomic E-state index is -0.920. The van der Waals surface area contributed by atoms with Gasteiger partial charge in [-0.25, -0.2) is 14.8 Å². The maximum absolute atomic E-state index is 11.3. The standard InChI is InChI=1S/C13H15N3O2S/c1-3-10-14-8(2)7-11(15-10)16-12(13(17)18)9-5-4-6-19-9/h4-7,12H,3H2,1-2H3,(H,17,18)(H,14,15,16). The van der Waals surface area contributed by atoms with E-state index in [0.717, 1.165) is 10.6 Å².